The van der Waals surface area contributed by atoms with E-state index in [2.05, 4.69) is 22.0 Å². The monoisotopic (exact) mass is 237 g/mol. The summed E-state index contributed by atoms with van der Waals surface area (Å²) in [5.41, 5.74) is 1.16. The van der Waals surface area contributed by atoms with Crippen LogP contribution in [0.1, 0.15) is 18.1 Å². The van der Waals surface area contributed by atoms with Crippen molar-refractivity contribution in [3.63, 3.8) is 0 Å². The Morgan fingerprint density at radius 3 is 2.69 bits per heavy atom. The quantitative estimate of drug-likeness (QED) is 0.742. The van der Waals surface area contributed by atoms with Crippen LogP contribution in [0.4, 0.5) is 0 Å². The number of nitriles is 1. The normalized spacial score (nSPS) is 25.2. The van der Waals surface area contributed by atoms with Crippen LogP contribution in [0.2, 0.25) is 0 Å². The summed E-state index contributed by atoms with van der Waals surface area (Å²) in [4.78, 5) is 0. The molecule has 1 aromatic rings. The van der Waals surface area contributed by atoms with Crippen LogP contribution < -0.4 is 0 Å². The Morgan fingerprint density at radius 1 is 1.38 bits per heavy atom. The molecule has 1 aliphatic heterocycles. The molecule has 3 heteroatoms. The van der Waals surface area contributed by atoms with Gasteiger partial charge in [0, 0.05) is 4.47 Å². The van der Waals surface area contributed by atoms with Gasteiger partial charge in [0.1, 0.15) is 12.2 Å². The standard InChI is InChI=1S/C10H8BrNO/c11-8-3-1-7(2-4-8)10-9(13-10)5-6-12/h1-4,9-10H,5H2. The van der Waals surface area contributed by atoms with E-state index in [1.807, 2.05) is 24.3 Å². The van der Waals surface area contributed by atoms with Gasteiger partial charge in [0.05, 0.1) is 12.5 Å². The van der Waals surface area contributed by atoms with Crippen molar-refractivity contribution in [3.05, 3.63) is 34.3 Å². The largest absolute Gasteiger partial charge is 0.363 e. The molecule has 0 bridgehead atoms. The highest BCUT2D eigenvalue weighted by Crippen LogP contribution is 2.40. The van der Waals surface area contributed by atoms with Gasteiger partial charge in [0.15, 0.2) is 0 Å². The molecule has 0 N–H and O–H groups in total. The summed E-state index contributed by atoms with van der Waals surface area (Å²) in [6.07, 6.45) is 0.750. The lowest BCUT2D eigenvalue weighted by Gasteiger charge is -1.94. The molecule has 1 saturated heterocycles. The van der Waals surface area contributed by atoms with Crippen molar-refractivity contribution >= 4 is 15.9 Å². The van der Waals surface area contributed by atoms with Gasteiger partial charge in [-0.05, 0) is 17.7 Å². The molecule has 1 fully saturated rings. The Kier molecular flexibility index (Phi) is 2.34. The fraction of sp³-hybridized carbons (Fsp3) is 0.300. The summed E-state index contributed by atoms with van der Waals surface area (Å²) in [7, 11) is 0. The molecule has 2 unspecified atom stereocenters. The molecule has 66 valence electrons. The SMILES string of the molecule is N#CCC1OC1c1ccc(Br)cc1. The first-order chi connectivity index (χ1) is 6.31. The smallest absolute Gasteiger partial charge is 0.110 e. The van der Waals surface area contributed by atoms with E-state index in [4.69, 9.17) is 10.00 Å². The van der Waals surface area contributed by atoms with E-state index in [1.165, 1.54) is 0 Å². The number of epoxide rings is 1. The summed E-state index contributed by atoms with van der Waals surface area (Å²) < 4.78 is 6.41. The summed E-state index contributed by atoms with van der Waals surface area (Å²) in [6.45, 7) is 0. The Bertz CT molecular complexity index is 341. The molecule has 13 heavy (non-hydrogen) atoms. The average Bonchev–Trinajstić information content (AvgIpc) is 2.86. The van der Waals surface area contributed by atoms with E-state index in [9.17, 15) is 0 Å². The third-order valence-electron chi connectivity index (χ3n) is 2.07. The predicted octanol–water partition coefficient (Wildman–Crippen LogP) is 2.80. The molecule has 2 rings (SSSR count). The second kappa shape index (κ2) is 3.49. The highest BCUT2D eigenvalue weighted by atomic mass is 79.9. The first-order valence-corrected chi connectivity index (χ1v) is 4.88. The number of nitrogens with zero attached hydrogens (tertiary/aromatic N) is 1. The Balaban J connectivity index is 2.05. The number of benzene rings is 1. The number of ether oxygens (including phenoxy) is 1. The highest BCUT2D eigenvalue weighted by Gasteiger charge is 2.39. The van der Waals surface area contributed by atoms with E-state index in [0.29, 0.717) is 6.42 Å². The number of hydrogen-bond acceptors (Lipinski definition) is 2. The van der Waals surface area contributed by atoms with E-state index in [1.54, 1.807) is 0 Å². The summed E-state index contributed by atoms with van der Waals surface area (Å²) >= 11 is 3.37. The van der Waals surface area contributed by atoms with Crippen LogP contribution >= 0.6 is 15.9 Å². The first-order valence-electron chi connectivity index (χ1n) is 4.09. The molecule has 0 aliphatic carbocycles. The van der Waals surface area contributed by atoms with Gasteiger partial charge in [-0.3, -0.25) is 0 Å². The molecule has 0 spiro atoms. The van der Waals surface area contributed by atoms with Gasteiger partial charge >= 0.3 is 0 Å². The molecule has 1 heterocycles. The number of rotatable bonds is 2. The van der Waals surface area contributed by atoms with Crippen molar-refractivity contribution in [2.45, 2.75) is 18.6 Å². The zero-order chi connectivity index (χ0) is 9.26. The van der Waals surface area contributed by atoms with E-state index in [-0.39, 0.29) is 12.2 Å². The molecule has 0 amide bonds. The molecular weight excluding hydrogens is 230 g/mol. The minimum absolute atomic E-state index is 0.117. The second-order valence-electron chi connectivity index (χ2n) is 3.01. The molecule has 0 saturated carbocycles. The Morgan fingerprint density at radius 2 is 2.08 bits per heavy atom. The van der Waals surface area contributed by atoms with Gasteiger partial charge in [-0.15, -0.1) is 0 Å². The number of hydrogen-bond donors (Lipinski definition) is 0. The van der Waals surface area contributed by atoms with E-state index in [0.717, 1.165) is 10.0 Å². The van der Waals surface area contributed by atoms with Crippen molar-refractivity contribution in [3.8, 4) is 6.07 Å². The molecule has 2 nitrogen and oxygen atoms in total. The van der Waals surface area contributed by atoms with Gasteiger partial charge in [-0.2, -0.15) is 5.26 Å². The molecule has 2 atom stereocenters. The fourth-order valence-electron chi connectivity index (χ4n) is 1.33. The topological polar surface area (TPSA) is 36.3 Å². The first kappa shape index (κ1) is 8.74. The maximum Gasteiger partial charge on any atom is 0.110 e. The van der Waals surface area contributed by atoms with Crippen molar-refractivity contribution in [1.29, 1.82) is 5.26 Å². The van der Waals surface area contributed by atoms with Crippen LogP contribution in [0.25, 0.3) is 0 Å². The van der Waals surface area contributed by atoms with Crippen molar-refractivity contribution < 1.29 is 4.74 Å². The van der Waals surface area contributed by atoms with Crippen molar-refractivity contribution in [2.24, 2.45) is 0 Å². The lowest BCUT2D eigenvalue weighted by Crippen LogP contribution is -1.86. The summed E-state index contributed by atoms with van der Waals surface area (Å²) in [5, 5.41) is 8.45. The van der Waals surface area contributed by atoms with Crippen molar-refractivity contribution in [1.82, 2.24) is 0 Å². The maximum absolute atomic E-state index is 8.45. The third kappa shape index (κ3) is 1.90. The van der Waals surface area contributed by atoms with Crippen LogP contribution in [0.15, 0.2) is 28.7 Å². The van der Waals surface area contributed by atoms with Crippen LogP contribution in [0.3, 0.4) is 0 Å². The maximum atomic E-state index is 8.45. The average molecular weight is 238 g/mol. The summed E-state index contributed by atoms with van der Waals surface area (Å²) in [5.74, 6) is 0. The van der Waals surface area contributed by atoms with E-state index >= 15 is 0 Å². The second-order valence-corrected chi connectivity index (χ2v) is 3.92. The molecule has 1 aliphatic rings. The highest BCUT2D eigenvalue weighted by molar-refractivity contribution is 9.10. The minimum Gasteiger partial charge on any atom is -0.363 e. The van der Waals surface area contributed by atoms with Gasteiger partial charge < -0.3 is 4.74 Å². The molecular formula is C10H8BrNO. The van der Waals surface area contributed by atoms with Gasteiger partial charge in [0.2, 0.25) is 0 Å². The fourth-order valence-corrected chi connectivity index (χ4v) is 1.60. The minimum atomic E-state index is 0.117. The predicted molar refractivity (Wildman–Crippen MR) is 52.0 cm³/mol. The third-order valence-corrected chi connectivity index (χ3v) is 2.60. The lowest BCUT2D eigenvalue weighted by atomic mass is 10.1. The van der Waals surface area contributed by atoms with Gasteiger partial charge in [-0.1, -0.05) is 28.1 Å². The zero-order valence-electron chi connectivity index (χ0n) is 6.90. The van der Waals surface area contributed by atoms with E-state index < -0.39 is 0 Å². The van der Waals surface area contributed by atoms with Crippen molar-refractivity contribution in [2.75, 3.05) is 0 Å². The lowest BCUT2D eigenvalue weighted by molar-refractivity contribution is 0.375. The van der Waals surface area contributed by atoms with Crippen LogP contribution in [0.5, 0.6) is 0 Å². The Labute approximate surface area is 85.3 Å². The van der Waals surface area contributed by atoms with Gasteiger partial charge in [0.25, 0.3) is 0 Å². The van der Waals surface area contributed by atoms with Crippen LogP contribution in [-0.2, 0) is 4.74 Å². The van der Waals surface area contributed by atoms with Gasteiger partial charge in [-0.25, -0.2) is 0 Å². The summed E-state index contributed by atoms with van der Waals surface area (Å²) in [6, 6.07) is 10.1. The molecule has 1 aromatic carbocycles. The zero-order valence-corrected chi connectivity index (χ0v) is 8.49. The Hall–Kier alpha value is -0.850. The van der Waals surface area contributed by atoms with Crippen LogP contribution in [0, 0.1) is 11.3 Å². The number of halogens is 1. The molecule has 0 radical (unpaired) electrons. The molecule has 0 aromatic heterocycles. The van der Waals surface area contributed by atoms with Crippen LogP contribution in [-0.4, -0.2) is 6.10 Å².